The van der Waals surface area contributed by atoms with Crippen LogP contribution in [0, 0.1) is 0 Å². The summed E-state index contributed by atoms with van der Waals surface area (Å²) in [6.45, 7) is 1.80. The first-order valence-corrected chi connectivity index (χ1v) is 13.0. The molecule has 0 unspecified atom stereocenters. The van der Waals surface area contributed by atoms with Gasteiger partial charge < -0.3 is 20.8 Å². The highest BCUT2D eigenvalue weighted by molar-refractivity contribution is 7.91. The fourth-order valence-corrected chi connectivity index (χ4v) is 5.01. The van der Waals surface area contributed by atoms with Crippen molar-refractivity contribution in [2.45, 2.75) is 35.3 Å². The number of carboxylic acid groups (broad SMARTS) is 1. The summed E-state index contributed by atoms with van der Waals surface area (Å²) in [7, 11) is -3.79. The highest BCUT2D eigenvalue weighted by Crippen LogP contribution is 2.22. The molecule has 8 nitrogen and oxygen atoms in total. The Kier molecular flexibility index (Phi) is 9.22. The smallest absolute Gasteiger partial charge is 0.322 e. The number of hydrogen-bond donors (Lipinski definition) is 4. The third-order valence-electron chi connectivity index (χ3n) is 5.50. The van der Waals surface area contributed by atoms with E-state index < -0.39 is 34.4 Å². The second kappa shape index (κ2) is 12.1. The van der Waals surface area contributed by atoms with Gasteiger partial charge in [0.25, 0.3) is 5.91 Å². The number of carbonyl (C=O) groups is 2. The third kappa shape index (κ3) is 7.38. The molecule has 190 valence electrons. The Balaban J connectivity index is 1.58. The van der Waals surface area contributed by atoms with Crippen molar-refractivity contribution in [1.29, 1.82) is 0 Å². The molecule has 0 aliphatic carbocycles. The van der Waals surface area contributed by atoms with Gasteiger partial charge in [-0.1, -0.05) is 35.9 Å². The Bertz CT molecular complexity index is 1310. The first-order chi connectivity index (χ1) is 17.1. The lowest BCUT2D eigenvalue weighted by Crippen LogP contribution is -2.32. The van der Waals surface area contributed by atoms with Gasteiger partial charge in [0.05, 0.1) is 15.9 Å². The molecule has 2 atom stereocenters. The van der Waals surface area contributed by atoms with E-state index in [4.69, 9.17) is 16.7 Å². The van der Waals surface area contributed by atoms with Crippen LogP contribution in [-0.4, -0.2) is 49.6 Å². The van der Waals surface area contributed by atoms with Crippen LogP contribution in [0.5, 0.6) is 0 Å². The number of aliphatic hydroxyl groups is 1. The average molecular weight is 531 g/mol. The highest BCUT2D eigenvalue weighted by atomic mass is 35.5. The molecule has 0 bridgehead atoms. The summed E-state index contributed by atoms with van der Waals surface area (Å²) >= 11 is 5.98. The van der Waals surface area contributed by atoms with Crippen molar-refractivity contribution in [2.75, 3.05) is 13.1 Å². The molecule has 0 spiro atoms. The molecular weight excluding hydrogens is 504 g/mol. The van der Waals surface area contributed by atoms with Gasteiger partial charge in [-0.15, -0.1) is 0 Å². The Hall–Kier alpha value is -3.24. The van der Waals surface area contributed by atoms with E-state index in [1.807, 2.05) is 13.0 Å². The van der Waals surface area contributed by atoms with Crippen LogP contribution < -0.4 is 10.6 Å². The summed E-state index contributed by atoms with van der Waals surface area (Å²) in [5, 5.41) is 25.1. The molecule has 3 aromatic carbocycles. The van der Waals surface area contributed by atoms with Gasteiger partial charge >= 0.3 is 5.97 Å². The van der Waals surface area contributed by atoms with Crippen molar-refractivity contribution in [3.05, 3.63) is 94.5 Å². The number of halogens is 1. The summed E-state index contributed by atoms with van der Waals surface area (Å²) < 4.78 is 25.9. The number of carboxylic acids is 1. The van der Waals surface area contributed by atoms with Crippen molar-refractivity contribution in [3.8, 4) is 0 Å². The van der Waals surface area contributed by atoms with Gasteiger partial charge in [0.1, 0.15) is 6.54 Å². The summed E-state index contributed by atoms with van der Waals surface area (Å²) in [6.07, 6.45) is -0.0729. The van der Waals surface area contributed by atoms with E-state index in [1.165, 1.54) is 36.4 Å². The first kappa shape index (κ1) is 27.3. The standard InChI is InChI=1S/C26H27ClN2O6S/c1-17(28-15-24(30)20-3-2-4-21(27)14-20)13-18-5-9-22(10-6-18)36(34,35)23-11-7-19(8-12-23)26(33)29-16-25(31)32/h2-12,14,17,24,28,30H,13,15-16H2,1H3,(H,29,33)(H,31,32)/t17-,24-/m1/s1. The van der Waals surface area contributed by atoms with Crippen LogP contribution in [0.3, 0.4) is 0 Å². The van der Waals surface area contributed by atoms with Gasteiger partial charge in [0.15, 0.2) is 0 Å². The monoisotopic (exact) mass is 530 g/mol. The molecular formula is C26H27ClN2O6S. The Morgan fingerprint density at radius 1 is 0.972 bits per heavy atom. The number of benzene rings is 3. The van der Waals surface area contributed by atoms with E-state index in [0.29, 0.717) is 18.0 Å². The first-order valence-electron chi connectivity index (χ1n) is 11.2. The van der Waals surface area contributed by atoms with Crippen molar-refractivity contribution in [1.82, 2.24) is 10.6 Å². The van der Waals surface area contributed by atoms with E-state index in [-0.39, 0.29) is 21.4 Å². The van der Waals surface area contributed by atoms with Crippen LogP contribution in [0.4, 0.5) is 0 Å². The molecule has 36 heavy (non-hydrogen) atoms. The van der Waals surface area contributed by atoms with Gasteiger partial charge in [0.2, 0.25) is 9.84 Å². The maximum absolute atomic E-state index is 13.0. The topological polar surface area (TPSA) is 133 Å². The Morgan fingerprint density at radius 3 is 2.17 bits per heavy atom. The number of aliphatic hydroxyl groups excluding tert-OH is 1. The summed E-state index contributed by atoms with van der Waals surface area (Å²) in [6, 6.07) is 18.9. The van der Waals surface area contributed by atoms with E-state index in [0.717, 1.165) is 11.1 Å². The molecule has 0 radical (unpaired) electrons. The van der Waals surface area contributed by atoms with Gasteiger partial charge in [-0.3, -0.25) is 9.59 Å². The average Bonchev–Trinajstić information content (AvgIpc) is 2.86. The van der Waals surface area contributed by atoms with Crippen molar-refractivity contribution < 1.29 is 28.2 Å². The second-order valence-corrected chi connectivity index (χ2v) is 10.7. The van der Waals surface area contributed by atoms with Crippen LogP contribution in [0.25, 0.3) is 0 Å². The number of hydrogen-bond acceptors (Lipinski definition) is 6. The molecule has 0 aromatic heterocycles. The van der Waals surface area contributed by atoms with Gasteiger partial charge in [-0.2, -0.15) is 0 Å². The lowest BCUT2D eigenvalue weighted by molar-refractivity contribution is -0.135. The van der Waals surface area contributed by atoms with E-state index in [9.17, 15) is 23.1 Å². The zero-order valence-corrected chi connectivity index (χ0v) is 21.1. The number of sulfone groups is 1. The van der Waals surface area contributed by atoms with Crippen LogP contribution in [0.2, 0.25) is 5.02 Å². The molecule has 3 rings (SSSR count). The summed E-state index contributed by atoms with van der Waals surface area (Å²) in [4.78, 5) is 22.6. The van der Waals surface area contributed by atoms with Crippen molar-refractivity contribution >= 4 is 33.3 Å². The number of nitrogens with one attached hydrogen (secondary N) is 2. The van der Waals surface area contributed by atoms with Gasteiger partial charge in [-0.25, -0.2) is 8.42 Å². The zero-order valence-electron chi connectivity index (χ0n) is 19.5. The van der Waals surface area contributed by atoms with Crippen LogP contribution in [-0.2, 0) is 21.1 Å². The maximum Gasteiger partial charge on any atom is 0.322 e. The van der Waals surface area contributed by atoms with E-state index in [1.54, 1.807) is 30.3 Å². The Labute approximate surface area is 214 Å². The SMILES string of the molecule is C[C@H](Cc1ccc(S(=O)(=O)c2ccc(C(=O)NCC(=O)O)cc2)cc1)NC[C@@H](O)c1cccc(Cl)c1. The molecule has 3 aromatic rings. The molecule has 4 N–H and O–H groups in total. The van der Waals surface area contributed by atoms with Crippen molar-refractivity contribution in [3.63, 3.8) is 0 Å². The lowest BCUT2D eigenvalue weighted by Gasteiger charge is -2.18. The zero-order chi connectivity index (χ0) is 26.3. The van der Waals surface area contributed by atoms with Crippen LogP contribution >= 0.6 is 11.6 Å². The molecule has 0 saturated heterocycles. The highest BCUT2D eigenvalue weighted by Gasteiger charge is 2.19. The van der Waals surface area contributed by atoms with Gasteiger partial charge in [0, 0.05) is 23.2 Å². The predicted octanol–water partition coefficient (Wildman–Crippen LogP) is 3.24. The van der Waals surface area contributed by atoms with Crippen LogP contribution in [0.15, 0.2) is 82.6 Å². The fraction of sp³-hybridized carbons (Fsp3) is 0.231. The largest absolute Gasteiger partial charge is 0.480 e. The second-order valence-electron chi connectivity index (χ2n) is 8.33. The lowest BCUT2D eigenvalue weighted by atomic mass is 10.1. The number of amides is 1. The molecule has 0 saturated carbocycles. The molecule has 0 fully saturated rings. The van der Waals surface area contributed by atoms with Crippen LogP contribution in [0.1, 0.15) is 34.5 Å². The molecule has 0 aliphatic rings. The van der Waals surface area contributed by atoms with E-state index >= 15 is 0 Å². The minimum Gasteiger partial charge on any atom is -0.480 e. The molecule has 10 heteroatoms. The van der Waals surface area contributed by atoms with Gasteiger partial charge in [-0.05, 0) is 73.0 Å². The minimum atomic E-state index is -3.79. The minimum absolute atomic E-state index is 0.0232. The third-order valence-corrected chi connectivity index (χ3v) is 7.52. The summed E-state index contributed by atoms with van der Waals surface area (Å²) in [5.41, 5.74) is 1.81. The van der Waals surface area contributed by atoms with E-state index in [2.05, 4.69) is 10.6 Å². The predicted molar refractivity (Wildman–Crippen MR) is 136 cm³/mol. The number of aliphatic carboxylic acids is 1. The van der Waals surface area contributed by atoms with Crippen molar-refractivity contribution in [2.24, 2.45) is 0 Å². The quantitative estimate of drug-likeness (QED) is 0.299. The molecule has 0 heterocycles. The normalized spacial score (nSPS) is 13.1. The molecule has 0 aliphatic heterocycles. The molecule has 1 amide bonds. The number of carbonyl (C=O) groups excluding carboxylic acids is 1. The summed E-state index contributed by atoms with van der Waals surface area (Å²) in [5.74, 6) is -1.78. The number of rotatable bonds is 11. The fourth-order valence-electron chi connectivity index (χ4n) is 3.55. The Morgan fingerprint density at radius 2 is 1.58 bits per heavy atom. The maximum atomic E-state index is 13.0.